The Kier molecular flexibility index (Phi) is 19.8. The molecule has 8 aromatic heterocycles. The average molecular weight is 1980 g/mol. The van der Waals surface area contributed by atoms with Crippen LogP contribution in [0.1, 0.15) is 25.0 Å². The average Bonchev–Trinajstić information content (AvgIpc) is 1.55. The van der Waals surface area contributed by atoms with Gasteiger partial charge in [0.1, 0.15) is 24.2 Å². The molecule has 31 rings (SSSR count). The van der Waals surface area contributed by atoms with Crippen molar-refractivity contribution in [3.63, 3.8) is 0 Å². The summed E-state index contributed by atoms with van der Waals surface area (Å²) in [6.45, 7) is 19.3. The van der Waals surface area contributed by atoms with Gasteiger partial charge < -0.3 is 18.3 Å². The minimum absolute atomic E-state index is 0.0542. The van der Waals surface area contributed by atoms with Crippen LogP contribution in [0.5, 0.6) is 0 Å². The second kappa shape index (κ2) is 33.5. The van der Waals surface area contributed by atoms with E-state index in [1.165, 1.54) is 195 Å². The monoisotopic (exact) mass is 1970 g/mol. The summed E-state index contributed by atoms with van der Waals surface area (Å²) in [5.74, 6) is 2.34. The number of fused-ring (bicyclic) bond motifs is 27. The molecule has 149 heavy (non-hydrogen) atoms. The lowest BCUT2D eigenvalue weighted by molar-refractivity contribution is 0.661. The summed E-state index contributed by atoms with van der Waals surface area (Å²) in [6.07, 6.45) is 0. The van der Waals surface area contributed by atoms with Crippen molar-refractivity contribution in [3.8, 4) is 135 Å². The maximum absolute atomic E-state index is 5.47. The van der Waals surface area contributed by atoms with Gasteiger partial charge in [-0.25, -0.2) is 29.9 Å². The van der Waals surface area contributed by atoms with E-state index < -0.39 is 24.2 Å². The molecule has 0 amide bonds. The Morgan fingerprint density at radius 2 is 0.497 bits per heavy atom. The van der Waals surface area contributed by atoms with Gasteiger partial charge in [-0.15, -0.1) is 11.3 Å². The van der Waals surface area contributed by atoms with Gasteiger partial charge in [-0.2, -0.15) is 0 Å². The van der Waals surface area contributed by atoms with Gasteiger partial charge >= 0.3 is 0 Å². The fraction of sp³-hybridized carbons (Fsp3) is 0.0667. The van der Waals surface area contributed by atoms with E-state index >= 15 is 0 Å². The number of benzene rings is 19. The molecule has 0 radical (unpaired) electrons. The SMILES string of the molecule is CC1(C)c2ccccc2-c2cc3c(cc21)c1ccccc1n3-c1cccc(-c2nc(-c3ccccc3)c3c(n2)[Si](C)(C)c2ccccc2-3)c1.C[Si]1(C)c2ccccc2-c2c(-c3ccccc3)nc(-c3cccc(-n4c5ccccc5c5cc6c(cc54)c4ccccc4n6-c4ccccc4)c3)nc21.C[Si]1(C)c2ccccc2-c2c(-c3ccccc3)nc(-c3cccc(-n4c5ccccc5c5cc6sc7ccccc7c6cc54)c3)nc21. The van der Waals surface area contributed by atoms with E-state index in [1.807, 2.05) is 11.3 Å². The zero-order valence-electron chi connectivity index (χ0n) is 83.6. The molecular weight excluding hydrogens is 1880 g/mol. The Morgan fingerprint density at radius 3 is 0.899 bits per heavy atom. The van der Waals surface area contributed by atoms with Gasteiger partial charge in [0.15, 0.2) is 17.5 Å². The molecule has 10 nitrogen and oxygen atoms in total. The molecule has 0 bridgehead atoms. The lowest BCUT2D eigenvalue weighted by Gasteiger charge is -2.21. The molecule has 0 atom stereocenters. The van der Waals surface area contributed by atoms with Crippen LogP contribution >= 0.6 is 11.3 Å². The van der Waals surface area contributed by atoms with Crippen molar-refractivity contribution >= 4 is 174 Å². The molecule has 4 aliphatic rings. The Hall–Kier alpha value is -17.5. The zero-order valence-corrected chi connectivity index (χ0v) is 87.4. The van der Waals surface area contributed by atoms with Gasteiger partial charge in [0.05, 0.1) is 61.2 Å². The fourth-order valence-electron chi connectivity index (χ4n) is 25.3. The maximum atomic E-state index is 5.47. The quantitative estimate of drug-likeness (QED) is 0.127. The van der Waals surface area contributed by atoms with Gasteiger partial charge in [-0.05, 0) is 170 Å². The van der Waals surface area contributed by atoms with Gasteiger partial charge in [0.25, 0.3) is 0 Å². The molecule has 3 aliphatic heterocycles. The van der Waals surface area contributed by atoms with E-state index in [0.717, 1.165) is 90.7 Å². The zero-order chi connectivity index (χ0) is 99.6. The minimum atomic E-state index is -2.08. The highest BCUT2D eigenvalue weighted by Gasteiger charge is 2.46. The second-order valence-electron chi connectivity index (χ2n) is 42.3. The molecule has 0 unspecified atom stereocenters. The first-order valence-corrected chi connectivity index (χ1v) is 61.4. The molecule has 0 N–H and O–H groups in total. The lowest BCUT2D eigenvalue weighted by atomic mass is 9.82. The standard InChI is InChI=1S/C48H34N4Si.C45H35N3Si.C42H29N3SSi/c1-53(2)44-27-14-11-24-37(44)45-46(31-16-5-3-6-17-31)49-47(50-48(45)53)32-18-15-21-34(28-32)52-41-26-13-10-23-36(41)39-29-42-38(30-43(39)52)35-22-9-12-25-40(35)51(42)33-19-7-4-8-20-33;1-45(2)36-22-11-8-19-31(36)34-27-39-35(26-37(34)45)32-20-9-12-23-38(32)48(39)30-18-14-17-29(25-30)43-46-42(28-15-6-5-7-16-28)41-33-21-10-13-24-40(33)49(3,4)44(41)47-43;1-47(2)38-22-11-8-19-31(38)39-40(26-13-4-3-5-14-26)43-41(44-42(39)47)27-15-12-16-28(23-27)45-34-20-9-6-17-29(34)32-25-37-33(24-35(32)45)30-18-7-10-21-36(30)46-37/h3-30H,1-2H3;5-27H,1-4H3;3-25H,1-2H3. The number of para-hydroxylation sites is 5. The minimum Gasteiger partial charge on any atom is -0.309 e. The van der Waals surface area contributed by atoms with Crippen LogP contribution in [0.15, 0.2) is 449 Å². The Bertz CT molecular complexity index is 10300. The summed E-state index contributed by atoms with van der Waals surface area (Å²) in [6, 6.07) is 163. The first-order chi connectivity index (χ1) is 72.9. The normalized spacial score (nSPS) is 13.9. The van der Waals surface area contributed by atoms with Crippen LogP contribution < -0.4 is 31.5 Å². The Balaban J connectivity index is 0.000000105. The third-order valence-electron chi connectivity index (χ3n) is 32.4. The summed E-state index contributed by atoms with van der Waals surface area (Å²) in [5, 5.41) is 20.6. The second-order valence-corrected chi connectivity index (χ2v) is 56.2. The molecule has 0 spiro atoms. The van der Waals surface area contributed by atoms with Crippen LogP contribution in [0.2, 0.25) is 39.3 Å². The van der Waals surface area contributed by atoms with E-state index in [-0.39, 0.29) is 5.41 Å². The van der Waals surface area contributed by atoms with Crippen LogP contribution in [0.3, 0.4) is 0 Å². The van der Waals surface area contributed by atoms with Crippen molar-refractivity contribution in [2.75, 3.05) is 0 Å². The summed E-state index contributed by atoms with van der Waals surface area (Å²) < 4.78 is 12.3. The Morgan fingerprint density at radius 1 is 0.201 bits per heavy atom. The third-order valence-corrected chi connectivity index (χ3v) is 43.5. The number of aromatic nitrogens is 10. The van der Waals surface area contributed by atoms with Gasteiger partial charge in [0.2, 0.25) is 0 Å². The number of hydrogen-bond acceptors (Lipinski definition) is 7. The largest absolute Gasteiger partial charge is 0.309 e. The molecule has 19 aromatic carbocycles. The number of nitrogens with zero attached hydrogens (tertiary/aromatic N) is 10. The van der Waals surface area contributed by atoms with Crippen LogP contribution in [0, 0.1) is 0 Å². The van der Waals surface area contributed by atoms with Crippen LogP contribution in [0.25, 0.3) is 243 Å². The van der Waals surface area contributed by atoms with E-state index in [1.54, 1.807) is 0 Å². The smallest absolute Gasteiger partial charge is 0.159 e. The molecule has 706 valence electrons. The predicted octanol–water partition coefficient (Wildman–Crippen LogP) is 30.9. The van der Waals surface area contributed by atoms with E-state index in [9.17, 15) is 0 Å². The molecule has 1 aliphatic carbocycles. The number of thiophene rings is 1. The predicted molar refractivity (Wildman–Crippen MR) is 633 cm³/mol. The highest BCUT2D eigenvalue weighted by atomic mass is 32.1. The van der Waals surface area contributed by atoms with Crippen LogP contribution in [0.4, 0.5) is 0 Å². The first-order valence-electron chi connectivity index (χ1n) is 51.5. The summed E-state index contributed by atoms with van der Waals surface area (Å²) >= 11 is 1.87. The molecule has 0 saturated carbocycles. The van der Waals surface area contributed by atoms with Crippen molar-refractivity contribution in [3.05, 3.63) is 460 Å². The van der Waals surface area contributed by atoms with Gasteiger partial charge in [0, 0.05) is 157 Å². The van der Waals surface area contributed by atoms with Crippen LogP contribution in [-0.4, -0.2) is 72.4 Å². The van der Waals surface area contributed by atoms with Crippen molar-refractivity contribution < 1.29 is 0 Å². The van der Waals surface area contributed by atoms with Gasteiger partial charge in [-0.3, -0.25) is 0 Å². The lowest BCUT2D eigenvalue weighted by Crippen LogP contribution is -2.50. The van der Waals surface area contributed by atoms with Crippen molar-refractivity contribution in [1.82, 2.24) is 48.2 Å². The first kappa shape index (κ1) is 88.0. The van der Waals surface area contributed by atoms with E-state index in [4.69, 9.17) is 29.9 Å². The molecule has 14 heteroatoms. The number of hydrogen-bond donors (Lipinski definition) is 0. The number of rotatable bonds is 10. The van der Waals surface area contributed by atoms with Crippen LogP contribution in [-0.2, 0) is 5.41 Å². The molecule has 11 heterocycles. The molecular formula is C135H98N10SSi3. The Labute approximate surface area is 869 Å². The highest BCUT2D eigenvalue weighted by Crippen LogP contribution is 2.53. The van der Waals surface area contributed by atoms with Crippen molar-refractivity contribution in [2.24, 2.45) is 0 Å². The van der Waals surface area contributed by atoms with Gasteiger partial charge in [-0.1, -0.05) is 387 Å². The summed E-state index contributed by atoms with van der Waals surface area (Å²) in [7, 11) is -6.18. The molecule has 0 fully saturated rings. The van der Waals surface area contributed by atoms with Crippen molar-refractivity contribution in [1.29, 1.82) is 0 Å². The van der Waals surface area contributed by atoms with E-state index in [0.29, 0.717) is 0 Å². The fourth-order valence-corrected chi connectivity index (χ4v) is 35.1. The summed E-state index contributed by atoms with van der Waals surface area (Å²) in [5.41, 5.74) is 36.4. The highest BCUT2D eigenvalue weighted by molar-refractivity contribution is 7.26. The molecule has 27 aromatic rings. The maximum Gasteiger partial charge on any atom is 0.159 e. The molecule has 0 saturated heterocycles. The van der Waals surface area contributed by atoms with Crippen molar-refractivity contribution in [2.45, 2.75) is 58.5 Å². The summed E-state index contributed by atoms with van der Waals surface area (Å²) in [4.78, 5) is 32.5. The topological polar surface area (TPSA) is 97.1 Å². The van der Waals surface area contributed by atoms with E-state index in [2.05, 4.69) is 520 Å². The third kappa shape index (κ3) is 13.5.